The lowest BCUT2D eigenvalue weighted by Gasteiger charge is -2.36. The summed E-state index contributed by atoms with van der Waals surface area (Å²) in [6.07, 6.45) is 2.64. The van der Waals surface area contributed by atoms with E-state index in [1.165, 1.54) is 24.3 Å². The number of H-pyrrole nitrogens is 1. The van der Waals surface area contributed by atoms with Crippen LogP contribution >= 0.6 is 11.6 Å². The maximum atomic E-state index is 13.3. The zero-order chi connectivity index (χ0) is 58.0. The SMILES string of the molecule is CCCCc1nc(Cl)c(CNC(=O)COCC(=O)NCCOCCOCCOCCOCCOCCNC(=O)c2ccc3c(c2)C2(OC3=O)c3ccc(O)cc3Oc3cc(O)ccc32)n1Cc1ccc(-c2ccccc2-c2nn[nH]n2)cc1. The third-order valence-corrected chi connectivity index (χ3v) is 13.8. The molecule has 3 amide bonds. The van der Waals surface area contributed by atoms with Crippen molar-refractivity contribution in [2.45, 2.75) is 44.9 Å². The Hall–Kier alpha value is -8.29. The molecule has 1 spiro atoms. The Labute approximate surface area is 482 Å². The number of ether oxygens (including phenoxy) is 8. The summed E-state index contributed by atoms with van der Waals surface area (Å²) >= 11 is 6.66. The van der Waals surface area contributed by atoms with Gasteiger partial charge < -0.3 is 68.6 Å². The van der Waals surface area contributed by atoms with Crippen molar-refractivity contribution in [2.24, 2.45) is 0 Å². The Morgan fingerprint density at radius 3 is 1.89 bits per heavy atom. The number of aromatic nitrogens is 6. The van der Waals surface area contributed by atoms with Crippen LogP contribution in [-0.2, 0) is 67.9 Å². The molecule has 7 aromatic rings. The van der Waals surface area contributed by atoms with Gasteiger partial charge >= 0.3 is 5.97 Å². The van der Waals surface area contributed by atoms with Crippen molar-refractivity contribution in [3.05, 3.63) is 153 Å². The third kappa shape index (κ3) is 15.0. The second kappa shape index (κ2) is 29.1. The number of amides is 3. The zero-order valence-corrected chi connectivity index (χ0v) is 46.4. The highest BCUT2D eigenvalue weighted by Gasteiger charge is 2.54. The number of hydrogen-bond acceptors (Lipinski definition) is 18. The normalized spacial score (nSPS) is 12.8. The number of benzene rings is 5. The van der Waals surface area contributed by atoms with Crippen molar-refractivity contribution in [3.8, 4) is 45.5 Å². The summed E-state index contributed by atoms with van der Waals surface area (Å²) < 4.78 is 47.3. The number of tetrazole rings is 1. The molecule has 0 radical (unpaired) electrons. The number of imidazole rings is 1. The van der Waals surface area contributed by atoms with Gasteiger partial charge in [0.2, 0.25) is 17.6 Å². The summed E-state index contributed by atoms with van der Waals surface area (Å²) in [4.78, 5) is 56.3. The van der Waals surface area contributed by atoms with E-state index in [0.29, 0.717) is 98.3 Å². The molecule has 0 saturated heterocycles. The van der Waals surface area contributed by atoms with E-state index in [2.05, 4.69) is 48.5 Å². The fourth-order valence-electron chi connectivity index (χ4n) is 9.51. The van der Waals surface area contributed by atoms with Crippen LogP contribution in [0.15, 0.2) is 103 Å². The Kier molecular flexibility index (Phi) is 20.8. The lowest BCUT2D eigenvalue weighted by Crippen LogP contribution is -2.33. The predicted octanol–water partition coefficient (Wildman–Crippen LogP) is 6.02. The minimum atomic E-state index is -1.48. The molecule has 0 atom stereocenters. The van der Waals surface area contributed by atoms with Crippen LogP contribution < -0.4 is 20.7 Å². The first-order chi connectivity index (χ1) is 40.5. The third-order valence-electron chi connectivity index (χ3n) is 13.5. The first kappa shape index (κ1) is 59.3. The van der Waals surface area contributed by atoms with Crippen LogP contribution in [0, 0.1) is 0 Å². The summed E-state index contributed by atoms with van der Waals surface area (Å²) in [6.45, 7) is 5.80. The molecule has 6 N–H and O–H groups in total. The molecule has 0 unspecified atom stereocenters. The van der Waals surface area contributed by atoms with Gasteiger partial charge in [-0.3, -0.25) is 14.4 Å². The van der Waals surface area contributed by atoms with Gasteiger partial charge in [0.15, 0.2) is 10.8 Å². The minimum absolute atomic E-state index is 0.0621. The van der Waals surface area contributed by atoms with Gasteiger partial charge in [0.1, 0.15) is 42.0 Å². The van der Waals surface area contributed by atoms with Crippen molar-refractivity contribution >= 4 is 35.3 Å². The first-order valence-electron chi connectivity index (χ1n) is 27.2. The number of esters is 1. The van der Waals surface area contributed by atoms with Crippen LogP contribution in [-0.4, -0.2) is 156 Å². The Balaban J connectivity index is 0.574. The molecule has 0 bridgehead atoms. The number of unbranched alkanes of at least 4 members (excludes halogenated alkanes) is 1. The molecule has 2 aliphatic heterocycles. The summed E-state index contributed by atoms with van der Waals surface area (Å²) in [6, 6.07) is 29.7. The maximum absolute atomic E-state index is 13.3. The van der Waals surface area contributed by atoms with Gasteiger partial charge in [0.25, 0.3) is 5.91 Å². The van der Waals surface area contributed by atoms with Crippen LogP contribution in [0.1, 0.15) is 74.3 Å². The van der Waals surface area contributed by atoms with Crippen LogP contribution in [0.2, 0.25) is 5.15 Å². The summed E-state index contributed by atoms with van der Waals surface area (Å²) in [7, 11) is 0. The van der Waals surface area contributed by atoms with Crippen molar-refractivity contribution in [1.29, 1.82) is 0 Å². The standard InChI is InChI=1S/C59H64ClN9O14/c1-2-3-8-52-64-55(60)49(69(52)35-38-9-11-39(12-10-38)43-6-4-5-7-44(43)56-65-67-68-66-56)34-63-54(73)37-81-36-53(72)61-19-21-76-23-25-78-27-29-80-30-28-79-26-24-77-22-20-62-57(74)40-13-16-45-48(31-40)59(83-58(45)75)46-17-14-41(70)32-50(46)82-51-33-42(71)15-18-47(51)59/h4-7,9-18,31-33,70-71H,2-3,8,19-30,34-37H2,1H3,(H,61,72)(H,62,74)(H,63,73)(H,65,66,67,68). The largest absolute Gasteiger partial charge is 0.508 e. The molecule has 0 aliphatic carbocycles. The molecule has 9 rings (SSSR count). The topological polar surface area (TPSA) is 291 Å². The van der Waals surface area contributed by atoms with Crippen molar-refractivity contribution in [3.63, 3.8) is 0 Å². The van der Waals surface area contributed by atoms with E-state index in [1.54, 1.807) is 30.3 Å². The van der Waals surface area contributed by atoms with Gasteiger partial charge in [-0.05, 0) is 70.8 Å². The maximum Gasteiger partial charge on any atom is 0.340 e. The van der Waals surface area contributed by atoms with E-state index in [1.807, 2.05) is 53.1 Å². The molecule has 0 saturated carbocycles. The first-order valence-corrected chi connectivity index (χ1v) is 27.6. The van der Waals surface area contributed by atoms with E-state index < -0.39 is 17.5 Å². The van der Waals surface area contributed by atoms with Crippen molar-refractivity contribution < 1.29 is 67.3 Å². The lowest BCUT2D eigenvalue weighted by atomic mass is 9.77. The minimum Gasteiger partial charge on any atom is -0.508 e. The number of aromatic amines is 1. The fraction of sp³-hybridized carbons (Fsp3) is 0.356. The monoisotopic (exact) mass is 1160 g/mol. The number of hydrogen-bond donors (Lipinski definition) is 6. The highest BCUT2D eigenvalue weighted by Crippen LogP contribution is 2.57. The highest BCUT2D eigenvalue weighted by molar-refractivity contribution is 6.30. The van der Waals surface area contributed by atoms with Crippen LogP contribution in [0.3, 0.4) is 0 Å². The molecule has 2 aromatic heterocycles. The van der Waals surface area contributed by atoms with E-state index in [9.17, 15) is 29.4 Å². The van der Waals surface area contributed by atoms with Crippen LogP contribution in [0.4, 0.5) is 0 Å². The number of nitrogens with one attached hydrogen (secondary N) is 4. The molecule has 0 fully saturated rings. The molecule has 5 aromatic carbocycles. The molecule has 23 nitrogen and oxygen atoms in total. The summed E-state index contributed by atoms with van der Waals surface area (Å²) in [5.41, 5.74) is 4.94. The molecular weight excluding hydrogens is 1090 g/mol. The van der Waals surface area contributed by atoms with Crippen molar-refractivity contribution in [1.82, 2.24) is 46.1 Å². The molecular formula is C59H64ClN9O14. The predicted molar refractivity (Wildman–Crippen MR) is 300 cm³/mol. The van der Waals surface area contributed by atoms with E-state index in [-0.39, 0.29) is 86.4 Å². The molecule has 24 heteroatoms. The molecule has 83 heavy (non-hydrogen) atoms. The van der Waals surface area contributed by atoms with E-state index >= 15 is 0 Å². The van der Waals surface area contributed by atoms with Crippen molar-refractivity contribution in [2.75, 3.05) is 92.4 Å². The zero-order valence-electron chi connectivity index (χ0n) is 45.7. The second-order valence-electron chi connectivity index (χ2n) is 19.2. The average molecular weight is 1160 g/mol. The van der Waals surface area contributed by atoms with Crippen LogP contribution in [0.25, 0.3) is 22.5 Å². The number of carbonyl (C=O) groups excluding carboxylic acids is 4. The Bertz CT molecular complexity index is 3290. The molecule has 436 valence electrons. The number of nitrogens with zero attached hydrogens (tertiary/aromatic N) is 5. The smallest absolute Gasteiger partial charge is 0.340 e. The quantitative estimate of drug-likeness (QED) is 0.0208. The number of carbonyl (C=O) groups is 4. The van der Waals surface area contributed by atoms with Gasteiger partial charge in [-0.25, -0.2) is 9.78 Å². The molecule has 4 heterocycles. The van der Waals surface area contributed by atoms with Crippen LogP contribution in [0.5, 0.6) is 23.0 Å². The van der Waals surface area contributed by atoms with E-state index in [4.69, 9.17) is 49.5 Å². The number of rotatable bonds is 32. The second-order valence-corrected chi connectivity index (χ2v) is 19.5. The van der Waals surface area contributed by atoms with Gasteiger partial charge in [0, 0.05) is 66.0 Å². The summed E-state index contributed by atoms with van der Waals surface area (Å²) in [5, 5.41) is 43.6. The number of phenolic OH excluding ortho intramolecular Hbond substituents is 2. The van der Waals surface area contributed by atoms with Gasteiger partial charge in [-0.1, -0.05) is 73.5 Å². The molecule has 2 aliphatic rings. The number of aryl methyl sites for hydroxylation is 1. The van der Waals surface area contributed by atoms with Gasteiger partial charge in [0.05, 0.1) is 83.9 Å². The Morgan fingerprint density at radius 2 is 1.28 bits per heavy atom. The highest BCUT2D eigenvalue weighted by atomic mass is 35.5. The number of fused-ring (bicyclic) bond motifs is 6. The van der Waals surface area contributed by atoms with E-state index in [0.717, 1.165) is 47.3 Å². The number of halogens is 1. The van der Waals surface area contributed by atoms with Gasteiger partial charge in [-0.15, -0.1) is 10.2 Å². The fourth-order valence-corrected chi connectivity index (χ4v) is 9.77. The van der Waals surface area contributed by atoms with Gasteiger partial charge in [-0.2, -0.15) is 5.21 Å². The number of phenols is 2. The average Bonchev–Trinajstić information content (AvgIpc) is 3.01. The Morgan fingerprint density at radius 1 is 0.675 bits per heavy atom. The lowest BCUT2D eigenvalue weighted by molar-refractivity contribution is -0.131. The number of aromatic hydroxyl groups is 2. The summed E-state index contributed by atoms with van der Waals surface area (Å²) in [5.74, 6) is -0.0762.